The Hall–Kier alpha value is -2.39. The first-order valence-electron chi connectivity index (χ1n) is 10.1. The van der Waals surface area contributed by atoms with Crippen molar-refractivity contribution < 1.29 is 12.3 Å². The number of carbonyl (C=O) groups excluding carboxylic acids is 1. The second-order valence-electron chi connectivity index (χ2n) is 8.45. The van der Waals surface area contributed by atoms with Crippen LogP contribution < -0.4 is 4.74 Å². The number of hydrogen-bond acceptors (Lipinski definition) is 3. The number of ether oxygens (including phenoxy) is 1. The van der Waals surface area contributed by atoms with E-state index in [2.05, 4.69) is 25.8 Å². The fourth-order valence-corrected chi connectivity index (χ4v) is 5.45. The molecule has 6 heteroatoms. The standard InChI is InChI=1S/C22H22BrN3O2/c1-21(2)19(26-12-17-14(18(26)27)7-6-10-25-17)22(3,4)20(21)28-13-8-9-16(24-5)15(23)11-13/h6-11,19-20H,12H2,1-4H3/i12D2. The molecule has 28 heavy (non-hydrogen) atoms. The number of rotatable bonds is 3. The van der Waals surface area contributed by atoms with E-state index in [-0.39, 0.29) is 17.7 Å². The van der Waals surface area contributed by atoms with E-state index in [9.17, 15) is 4.79 Å². The van der Waals surface area contributed by atoms with Crippen LogP contribution in [0.1, 0.15) is 46.5 Å². The molecule has 4 rings (SSSR count). The molecule has 1 aliphatic heterocycles. The number of aromatic nitrogens is 1. The average Bonchev–Trinajstić information content (AvgIpc) is 2.87. The van der Waals surface area contributed by atoms with Gasteiger partial charge in [-0.3, -0.25) is 9.78 Å². The van der Waals surface area contributed by atoms with Crippen LogP contribution >= 0.6 is 15.9 Å². The fourth-order valence-electron chi connectivity index (χ4n) is 5.01. The van der Waals surface area contributed by atoms with Crippen LogP contribution in [0.3, 0.4) is 0 Å². The molecule has 1 saturated carbocycles. The van der Waals surface area contributed by atoms with Crippen molar-refractivity contribution >= 4 is 27.5 Å². The van der Waals surface area contributed by atoms with E-state index in [0.717, 1.165) is 0 Å². The van der Waals surface area contributed by atoms with Gasteiger partial charge >= 0.3 is 0 Å². The van der Waals surface area contributed by atoms with Crippen LogP contribution in [0.2, 0.25) is 0 Å². The van der Waals surface area contributed by atoms with Crippen molar-refractivity contribution in [3.63, 3.8) is 0 Å². The van der Waals surface area contributed by atoms with Gasteiger partial charge in [-0.25, -0.2) is 4.85 Å². The number of carbonyl (C=O) groups is 1. The van der Waals surface area contributed by atoms with Crippen LogP contribution in [0.25, 0.3) is 4.85 Å². The van der Waals surface area contributed by atoms with E-state index in [1.54, 1.807) is 30.3 Å². The summed E-state index contributed by atoms with van der Waals surface area (Å²) in [6.45, 7) is 13.2. The highest BCUT2D eigenvalue weighted by atomic mass is 79.9. The number of amides is 1. The minimum Gasteiger partial charge on any atom is -0.489 e. The third-order valence-corrected chi connectivity index (χ3v) is 6.43. The molecular weight excluding hydrogens is 418 g/mol. The Balaban J connectivity index is 1.67. The number of hydrogen-bond donors (Lipinski definition) is 0. The molecule has 0 spiro atoms. The van der Waals surface area contributed by atoms with Gasteiger partial charge in [0.25, 0.3) is 5.91 Å². The summed E-state index contributed by atoms with van der Waals surface area (Å²) in [6.07, 6.45) is 1.25. The molecule has 0 radical (unpaired) electrons. The van der Waals surface area contributed by atoms with Gasteiger partial charge < -0.3 is 9.64 Å². The molecule has 0 atom stereocenters. The predicted molar refractivity (Wildman–Crippen MR) is 110 cm³/mol. The summed E-state index contributed by atoms with van der Waals surface area (Å²) in [6, 6.07) is 8.13. The van der Waals surface area contributed by atoms with Gasteiger partial charge in [0, 0.05) is 27.5 Å². The molecule has 144 valence electrons. The molecule has 1 aromatic heterocycles. The highest BCUT2D eigenvalue weighted by molar-refractivity contribution is 9.10. The number of benzene rings is 1. The zero-order valence-electron chi connectivity index (χ0n) is 18.2. The minimum atomic E-state index is -1.99. The largest absolute Gasteiger partial charge is 0.489 e. The smallest absolute Gasteiger partial charge is 0.256 e. The molecular formula is C22H22BrN3O2. The number of fused-ring (bicyclic) bond motifs is 1. The Morgan fingerprint density at radius 2 is 2.04 bits per heavy atom. The van der Waals surface area contributed by atoms with E-state index in [4.69, 9.17) is 14.1 Å². The van der Waals surface area contributed by atoms with Gasteiger partial charge in [0.1, 0.15) is 11.9 Å². The lowest BCUT2D eigenvalue weighted by molar-refractivity contribution is -0.199. The SMILES string of the molecule is [2H]C1([2H])c2ncccc2C(=O)N1C1C(C)(C)C(Oc2ccc([N+]#[C-])c(Br)c2)C1(C)C. The van der Waals surface area contributed by atoms with Gasteiger partial charge in [-0.2, -0.15) is 0 Å². The Morgan fingerprint density at radius 3 is 2.64 bits per heavy atom. The maximum Gasteiger partial charge on any atom is 0.256 e. The summed E-state index contributed by atoms with van der Waals surface area (Å²) in [4.78, 5) is 22.1. The van der Waals surface area contributed by atoms with Gasteiger partial charge in [-0.05, 0) is 24.3 Å². The first-order valence-corrected chi connectivity index (χ1v) is 9.86. The third kappa shape index (κ3) is 2.64. The lowest BCUT2D eigenvalue weighted by Crippen LogP contribution is -2.74. The summed E-state index contributed by atoms with van der Waals surface area (Å²) in [5.74, 6) is 0.288. The summed E-state index contributed by atoms with van der Waals surface area (Å²) in [5, 5.41) is 0. The van der Waals surface area contributed by atoms with Gasteiger partial charge in [0.15, 0.2) is 0 Å². The van der Waals surface area contributed by atoms with Crippen LogP contribution in [0.4, 0.5) is 5.69 Å². The molecule has 1 aliphatic carbocycles. The van der Waals surface area contributed by atoms with Crippen molar-refractivity contribution in [2.45, 2.75) is 46.3 Å². The first kappa shape index (κ1) is 16.6. The molecule has 2 heterocycles. The molecule has 1 amide bonds. The topological polar surface area (TPSA) is 46.8 Å². The van der Waals surface area contributed by atoms with Crippen molar-refractivity contribution in [2.24, 2.45) is 10.8 Å². The summed E-state index contributed by atoms with van der Waals surface area (Å²) in [7, 11) is 0. The number of nitrogens with zero attached hydrogens (tertiary/aromatic N) is 3. The summed E-state index contributed by atoms with van der Waals surface area (Å²) in [5.41, 5.74) is -0.0332. The molecule has 0 N–H and O–H groups in total. The highest BCUT2D eigenvalue weighted by Gasteiger charge is 2.67. The van der Waals surface area contributed by atoms with Gasteiger partial charge in [-0.1, -0.05) is 49.7 Å². The van der Waals surface area contributed by atoms with Gasteiger partial charge in [0.2, 0.25) is 5.69 Å². The van der Waals surface area contributed by atoms with Crippen molar-refractivity contribution in [2.75, 3.05) is 0 Å². The Labute approximate surface area is 176 Å². The quantitative estimate of drug-likeness (QED) is 0.612. The summed E-state index contributed by atoms with van der Waals surface area (Å²) >= 11 is 3.40. The van der Waals surface area contributed by atoms with Crippen LogP contribution in [0.15, 0.2) is 41.0 Å². The Bertz CT molecular complexity index is 1080. The third-order valence-electron chi connectivity index (χ3n) is 5.80. The maximum absolute atomic E-state index is 13.2. The van der Waals surface area contributed by atoms with E-state index < -0.39 is 23.4 Å². The zero-order chi connectivity index (χ0) is 22.1. The highest BCUT2D eigenvalue weighted by Crippen LogP contribution is 2.59. The van der Waals surface area contributed by atoms with E-state index in [0.29, 0.717) is 21.5 Å². The zero-order valence-corrected chi connectivity index (χ0v) is 17.7. The molecule has 1 fully saturated rings. The van der Waals surface area contributed by atoms with Gasteiger partial charge in [-0.15, -0.1) is 0 Å². The van der Waals surface area contributed by atoms with E-state index >= 15 is 0 Å². The van der Waals surface area contributed by atoms with E-state index in [1.807, 2.05) is 27.7 Å². The van der Waals surface area contributed by atoms with Crippen LogP contribution in [0, 0.1) is 17.4 Å². The van der Waals surface area contributed by atoms with Crippen molar-refractivity contribution in [3.8, 4) is 5.75 Å². The fraction of sp³-hybridized carbons (Fsp3) is 0.409. The van der Waals surface area contributed by atoms with Crippen molar-refractivity contribution in [3.05, 3.63) is 63.7 Å². The second-order valence-corrected chi connectivity index (χ2v) is 9.31. The summed E-state index contributed by atoms with van der Waals surface area (Å²) < 4.78 is 24.3. The molecule has 2 aliphatic rings. The van der Waals surface area contributed by atoms with E-state index in [1.165, 1.54) is 11.1 Å². The van der Waals surface area contributed by atoms with Gasteiger partial charge in [0.05, 0.1) is 27.1 Å². The Morgan fingerprint density at radius 1 is 1.32 bits per heavy atom. The van der Waals surface area contributed by atoms with Crippen molar-refractivity contribution in [1.29, 1.82) is 0 Å². The molecule has 0 bridgehead atoms. The second kappa shape index (κ2) is 6.31. The maximum atomic E-state index is 13.2. The van der Waals surface area contributed by atoms with Crippen LogP contribution in [0.5, 0.6) is 5.75 Å². The van der Waals surface area contributed by atoms with Crippen molar-refractivity contribution in [1.82, 2.24) is 9.88 Å². The predicted octanol–water partition coefficient (Wildman–Crippen LogP) is 5.23. The van der Waals surface area contributed by atoms with Crippen LogP contribution in [-0.4, -0.2) is 27.9 Å². The first-order chi connectivity index (χ1) is 13.9. The lowest BCUT2D eigenvalue weighted by Gasteiger charge is -2.65. The minimum absolute atomic E-state index is 0.171. The average molecular weight is 442 g/mol. The molecule has 0 saturated heterocycles. The number of pyridine rings is 1. The molecule has 1 aromatic carbocycles. The lowest BCUT2D eigenvalue weighted by atomic mass is 9.49. The molecule has 5 nitrogen and oxygen atoms in total. The normalized spacial score (nSPS) is 27.1. The molecule has 0 unspecified atom stereocenters. The Kier molecular flexibility index (Phi) is 3.73. The number of halogens is 1. The van der Waals surface area contributed by atoms with Crippen LogP contribution in [-0.2, 0) is 6.50 Å². The molecule has 2 aromatic rings. The monoisotopic (exact) mass is 441 g/mol.